The highest BCUT2D eigenvalue weighted by Crippen LogP contribution is 2.24. The van der Waals surface area contributed by atoms with Crippen molar-refractivity contribution in [1.82, 2.24) is 4.98 Å². The molecule has 2 aromatic carbocycles. The van der Waals surface area contributed by atoms with Gasteiger partial charge in [-0.25, -0.2) is 4.98 Å². The molecule has 0 radical (unpaired) electrons. The largest absolute Gasteiger partial charge is 0.382 e. The van der Waals surface area contributed by atoms with Crippen LogP contribution < -0.4 is 16.4 Å². The van der Waals surface area contributed by atoms with Crippen molar-refractivity contribution in [2.24, 2.45) is 0 Å². The molecular weight excluding hydrogens is 380 g/mol. The molecule has 156 valence electrons. The number of amides is 1. The summed E-state index contributed by atoms with van der Waals surface area (Å²) in [6, 6.07) is 19.7. The number of methoxy groups -OCH3 is 1. The Morgan fingerprint density at radius 3 is 2.63 bits per heavy atom. The standard InChI is InChI=1S/C23H26N4O3/c1-29-11-12-30-16-22(28)27-20-8-3-7-19(14-20)18-6-2-5-17(13-18)15-26-21-9-4-10-25-23(21)24/h2-10,13-14,26H,11-12,15-16H2,1H3,(H2,24,25)(H,27,28). The third-order valence-electron chi connectivity index (χ3n) is 4.39. The van der Waals surface area contributed by atoms with Gasteiger partial charge in [-0.1, -0.05) is 30.3 Å². The van der Waals surface area contributed by atoms with Crippen LogP contribution in [0.2, 0.25) is 0 Å². The molecule has 7 heteroatoms. The SMILES string of the molecule is COCCOCC(=O)Nc1cccc(-c2cccc(CNc3cccnc3N)c2)c1. The van der Waals surface area contributed by atoms with Crippen LogP contribution in [-0.2, 0) is 20.8 Å². The molecule has 1 aromatic heterocycles. The highest BCUT2D eigenvalue weighted by Gasteiger charge is 2.06. The number of anilines is 3. The van der Waals surface area contributed by atoms with Gasteiger partial charge in [-0.15, -0.1) is 0 Å². The molecule has 30 heavy (non-hydrogen) atoms. The van der Waals surface area contributed by atoms with Gasteiger partial charge in [-0.05, 0) is 47.0 Å². The van der Waals surface area contributed by atoms with Gasteiger partial charge in [-0.2, -0.15) is 0 Å². The maximum Gasteiger partial charge on any atom is 0.250 e. The Kier molecular flexibility index (Phi) is 7.77. The number of hydrogen-bond donors (Lipinski definition) is 3. The number of hydrogen-bond acceptors (Lipinski definition) is 6. The van der Waals surface area contributed by atoms with Crippen LogP contribution in [0, 0.1) is 0 Å². The van der Waals surface area contributed by atoms with Crippen molar-refractivity contribution < 1.29 is 14.3 Å². The Labute approximate surface area is 176 Å². The van der Waals surface area contributed by atoms with Gasteiger partial charge < -0.3 is 25.8 Å². The summed E-state index contributed by atoms with van der Waals surface area (Å²) in [6.45, 7) is 1.46. The third kappa shape index (κ3) is 6.30. The van der Waals surface area contributed by atoms with Crippen molar-refractivity contribution in [3.8, 4) is 11.1 Å². The van der Waals surface area contributed by atoms with E-state index in [0.717, 1.165) is 28.1 Å². The zero-order valence-corrected chi connectivity index (χ0v) is 16.9. The van der Waals surface area contributed by atoms with Crippen molar-refractivity contribution in [2.75, 3.05) is 43.3 Å². The van der Waals surface area contributed by atoms with Crippen LogP contribution in [0.3, 0.4) is 0 Å². The fourth-order valence-electron chi connectivity index (χ4n) is 2.91. The van der Waals surface area contributed by atoms with Crippen LogP contribution in [0.25, 0.3) is 11.1 Å². The second-order valence-electron chi connectivity index (χ2n) is 6.66. The fourth-order valence-corrected chi connectivity index (χ4v) is 2.91. The summed E-state index contributed by atoms with van der Waals surface area (Å²) in [5, 5.41) is 6.17. The number of carbonyl (C=O) groups excluding carboxylic acids is 1. The van der Waals surface area contributed by atoms with Crippen molar-refractivity contribution in [2.45, 2.75) is 6.54 Å². The van der Waals surface area contributed by atoms with Crippen LogP contribution in [-0.4, -0.2) is 37.8 Å². The molecule has 3 aromatic rings. The van der Waals surface area contributed by atoms with Crippen molar-refractivity contribution in [3.05, 3.63) is 72.4 Å². The predicted molar refractivity (Wildman–Crippen MR) is 119 cm³/mol. The minimum Gasteiger partial charge on any atom is -0.382 e. The molecule has 1 heterocycles. The average Bonchev–Trinajstić information content (AvgIpc) is 2.77. The summed E-state index contributed by atoms with van der Waals surface area (Å²) in [5.41, 5.74) is 10.6. The number of ether oxygens (including phenoxy) is 2. The highest BCUT2D eigenvalue weighted by molar-refractivity contribution is 5.92. The molecule has 1 amide bonds. The number of nitrogen functional groups attached to an aromatic ring is 1. The van der Waals surface area contributed by atoms with E-state index in [1.807, 2.05) is 54.6 Å². The zero-order valence-electron chi connectivity index (χ0n) is 16.9. The first-order valence-corrected chi connectivity index (χ1v) is 9.66. The molecular formula is C23H26N4O3. The first-order valence-electron chi connectivity index (χ1n) is 9.66. The maximum absolute atomic E-state index is 12.0. The zero-order chi connectivity index (χ0) is 21.2. The highest BCUT2D eigenvalue weighted by atomic mass is 16.5. The Morgan fingerprint density at radius 2 is 1.83 bits per heavy atom. The van der Waals surface area contributed by atoms with Gasteiger partial charge in [0, 0.05) is 25.5 Å². The van der Waals surface area contributed by atoms with E-state index < -0.39 is 0 Å². The molecule has 0 saturated heterocycles. The monoisotopic (exact) mass is 406 g/mol. The summed E-state index contributed by atoms with van der Waals surface area (Å²) in [5.74, 6) is 0.276. The van der Waals surface area contributed by atoms with Gasteiger partial charge in [0.15, 0.2) is 0 Å². The molecule has 7 nitrogen and oxygen atoms in total. The number of aromatic nitrogens is 1. The quantitative estimate of drug-likeness (QED) is 0.446. The molecule has 0 fully saturated rings. The van der Waals surface area contributed by atoms with E-state index >= 15 is 0 Å². The first kappa shape index (κ1) is 21.3. The number of nitrogens with zero attached hydrogens (tertiary/aromatic N) is 1. The minimum atomic E-state index is -0.199. The predicted octanol–water partition coefficient (Wildman–Crippen LogP) is 3.54. The van der Waals surface area contributed by atoms with E-state index in [4.69, 9.17) is 15.2 Å². The lowest BCUT2D eigenvalue weighted by Gasteiger charge is -2.11. The molecule has 0 bridgehead atoms. The second-order valence-corrected chi connectivity index (χ2v) is 6.66. The van der Waals surface area contributed by atoms with Crippen LogP contribution >= 0.6 is 0 Å². The van der Waals surface area contributed by atoms with E-state index in [0.29, 0.717) is 25.6 Å². The summed E-state index contributed by atoms with van der Waals surface area (Å²) in [4.78, 5) is 16.1. The van der Waals surface area contributed by atoms with Gasteiger partial charge in [0.05, 0.1) is 18.9 Å². The minimum absolute atomic E-state index is 0.00772. The molecule has 0 atom stereocenters. The molecule has 0 aliphatic carbocycles. The normalized spacial score (nSPS) is 10.6. The maximum atomic E-state index is 12.0. The number of nitrogens with two attached hydrogens (primary N) is 1. The van der Waals surface area contributed by atoms with Crippen LogP contribution in [0.4, 0.5) is 17.2 Å². The Morgan fingerprint density at radius 1 is 1.03 bits per heavy atom. The summed E-state index contributed by atoms with van der Waals surface area (Å²) >= 11 is 0. The molecule has 0 aliphatic heterocycles. The summed E-state index contributed by atoms with van der Waals surface area (Å²) < 4.78 is 10.1. The van der Waals surface area contributed by atoms with Crippen LogP contribution in [0.15, 0.2) is 66.9 Å². The summed E-state index contributed by atoms with van der Waals surface area (Å²) in [7, 11) is 1.59. The number of rotatable bonds is 10. The lowest BCUT2D eigenvalue weighted by Crippen LogP contribution is -2.19. The molecule has 4 N–H and O–H groups in total. The van der Waals surface area contributed by atoms with E-state index in [1.165, 1.54) is 0 Å². The van der Waals surface area contributed by atoms with E-state index in [-0.39, 0.29) is 12.5 Å². The average molecular weight is 406 g/mol. The fraction of sp³-hybridized carbons (Fsp3) is 0.217. The van der Waals surface area contributed by atoms with Gasteiger partial charge in [0.25, 0.3) is 0 Å². The molecule has 0 aliphatic rings. The smallest absolute Gasteiger partial charge is 0.250 e. The van der Waals surface area contributed by atoms with E-state index in [2.05, 4.69) is 21.7 Å². The number of pyridine rings is 1. The van der Waals surface area contributed by atoms with Gasteiger partial charge in [0.1, 0.15) is 12.4 Å². The van der Waals surface area contributed by atoms with Crippen LogP contribution in [0.5, 0.6) is 0 Å². The molecule has 0 saturated carbocycles. The molecule has 3 rings (SSSR count). The molecule has 0 spiro atoms. The van der Waals surface area contributed by atoms with Gasteiger partial charge >= 0.3 is 0 Å². The number of nitrogens with one attached hydrogen (secondary N) is 2. The third-order valence-corrected chi connectivity index (χ3v) is 4.39. The van der Waals surface area contributed by atoms with Gasteiger partial charge in [-0.3, -0.25) is 4.79 Å². The van der Waals surface area contributed by atoms with Crippen molar-refractivity contribution in [1.29, 1.82) is 0 Å². The Balaban J connectivity index is 1.63. The van der Waals surface area contributed by atoms with Gasteiger partial charge in [0.2, 0.25) is 5.91 Å². The van der Waals surface area contributed by atoms with Crippen LogP contribution in [0.1, 0.15) is 5.56 Å². The van der Waals surface area contributed by atoms with E-state index in [1.54, 1.807) is 13.3 Å². The topological polar surface area (TPSA) is 98.5 Å². The number of carbonyl (C=O) groups is 1. The number of benzene rings is 2. The lowest BCUT2D eigenvalue weighted by molar-refractivity contribution is -0.121. The molecule has 0 unspecified atom stereocenters. The van der Waals surface area contributed by atoms with Crippen molar-refractivity contribution >= 4 is 23.1 Å². The Hall–Kier alpha value is -3.42. The van der Waals surface area contributed by atoms with Crippen molar-refractivity contribution in [3.63, 3.8) is 0 Å². The summed E-state index contributed by atoms with van der Waals surface area (Å²) in [6.07, 6.45) is 1.67. The first-order chi connectivity index (χ1) is 14.7. The van der Waals surface area contributed by atoms with E-state index in [9.17, 15) is 4.79 Å². The lowest BCUT2D eigenvalue weighted by atomic mass is 10.0. The second kappa shape index (κ2) is 10.9. The Bertz CT molecular complexity index is 978.